The predicted octanol–water partition coefficient (Wildman–Crippen LogP) is 5.57. The van der Waals surface area contributed by atoms with Gasteiger partial charge in [-0.2, -0.15) is 8.42 Å². The fraction of sp³-hybridized carbons (Fsp3) is 0.308. The van der Waals surface area contributed by atoms with Crippen LogP contribution in [0.25, 0.3) is 21.6 Å². The lowest BCUT2D eigenvalue weighted by Crippen LogP contribution is -2.26. The number of hydrogen-bond donors (Lipinski definition) is 1. The molecule has 2 aromatic heterocycles. The van der Waals surface area contributed by atoms with Crippen LogP contribution in [-0.2, 0) is 23.0 Å². The number of nitrogens with zero attached hydrogens (tertiary/aromatic N) is 1. The molecule has 1 N–H and O–H groups in total. The zero-order chi connectivity index (χ0) is 24.1. The number of H-pyrrole nitrogens is 1. The minimum Gasteiger partial charge on any atom is -0.379 e. The molecule has 6 nitrogen and oxygen atoms in total. The van der Waals surface area contributed by atoms with Crippen LogP contribution >= 0.6 is 11.3 Å². The van der Waals surface area contributed by atoms with Crippen molar-refractivity contribution in [3.63, 3.8) is 0 Å². The van der Waals surface area contributed by atoms with Crippen LogP contribution in [0.1, 0.15) is 37.6 Å². The first-order valence-electron chi connectivity index (χ1n) is 11.3. The van der Waals surface area contributed by atoms with Gasteiger partial charge in [0.2, 0.25) is 0 Å². The molecule has 2 aromatic carbocycles. The van der Waals surface area contributed by atoms with Crippen LogP contribution < -0.4 is 9.74 Å². The van der Waals surface area contributed by atoms with E-state index in [9.17, 15) is 13.2 Å². The third-order valence-corrected chi connectivity index (χ3v) is 8.92. The van der Waals surface area contributed by atoms with Gasteiger partial charge in [-0.15, -0.1) is 11.3 Å². The second-order valence-electron chi connectivity index (χ2n) is 9.78. The van der Waals surface area contributed by atoms with Crippen LogP contribution in [0.2, 0.25) is 0 Å². The number of nitrogens with one attached hydrogen (secondary N) is 1. The first kappa shape index (κ1) is 22.8. The lowest BCUT2D eigenvalue weighted by Gasteiger charge is -2.33. The number of fused-ring (bicyclic) bond motifs is 3. The minimum atomic E-state index is -3.92. The molecule has 0 saturated heterocycles. The second-order valence-corrected chi connectivity index (χ2v) is 12.4. The Morgan fingerprint density at radius 3 is 2.44 bits per heavy atom. The van der Waals surface area contributed by atoms with Crippen LogP contribution in [0.5, 0.6) is 5.75 Å². The van der Waals surface area contributed by atoms with E-state index >= 15 is 0 Å². The average Bonchev–Trinajstić information content (AvgIpc) is 3.17. The summed E-state index contributed by atoms with van der Waals surface area (Å²) in [6.45, 7) is 6.83. The molecular formula is C26H26N2O4S2. The Morgan fingerprint density at radius 1 is 1.06 bits per heavy atom. The Balaban J connectivity index is 1.43. The van der Waals surface area contributed by atoms with E-state index in [1.807, 2.05) is 0 Å². The van der Waals surface area contributed by atoms with Gasteiger partial charge in [-0.05, 0) is 72.6 Å². The summed E-state index contributed by atoms with van der Waals surface area (Å²) in [5, 5.41) is 0.713. The average molecular weight is 495 g/mol. The Morgan fingerprint density at radius 2 is 1.76 bits per heavy atom. The molecule has 0 amide bonds. The number of aromatic nitrogens is 2. The Kier molecular flexibility index (Phi) is 5.61. The highest BCUT2D eigenvalue weighted by Gasteiger charge is 2.31. The molecule has 8 heteroatoms. The summed E-state index contributed by atoms with van der Waals surface area (Å²) in [4.78, 5) is 22.8. The van der Waals surface area contributed by atoms with Crippen molar-refractivity contribution >= 4 is 31.7 Å². The van der Waals surface area contributed by atoms with Gasteiger partial charge in [0.1, 0.15) is 21.3 Å². The first-order chi connectivity index (χ1) is 16.1. The standard InChI is InChI=1S/C26H26N2O4S2/c1-26(2,3)17-11-14-20-21(15-17)33-25-22(20)24(29)27-23(28-25)16-9-12-18(13-10-16)32-34(30,31)19-7-5-4-6-8-19/h4-10,12-13,17H,11,14-15H2,1-3H3,(H,27,28,29)/t17-/m0/s1. The minimum absolute atomic E-state index is 0.0888. The van der Waals surface area contributed by atoms with E-state index in [4.69, 9.17) is 9.17 Å². The van der Waals surface area contributed by atoms with E-state index in [-0.39, 0.29) is 21.6 Å². The molecule has 0 fully saturated rings. The number of rotatable bonds is 4. The SMILES string of the molecule is CC(C)(C)[C@H]1CCc2c(sc3nc(-c4ccc(OS(=O)(=O)c5ccccc5)cc4)[nH]c(=O)c23)C1. The number of hydrogen-bond acceptors (Lipinski definition) is 6. The van der Waals surface area contributed by atoms with Crippen molar-refractivity contribution in [3.8, 4) is 17.1 Å². The summed E-state index contributed by atoms with van der Waals surface area (Å²) in [6.07, 6.45) is 2.97. The molecule has 1 aliphatic rings. The molecule has 0 bridgehead atoms. The third-order valence-electron chi connectivity index (χ3n) is 6.51. The van der Waals surface area contributed by atoms with Gasteiger partial charge in [0.15, 0.2) is 0 Å². The highest BCUT2D eigenvalue weighted by atomic mass is 32.2. The monoisotopic (exact) mass is 494 g/mol. The van der Waals surface area contributed by atoms with E-state index in [0.29, 0.717) is 22.7 Å². The van der Waals surface area contributed by atoms with Crippen LogP contribution in [0.15, 0.2) is 64.3 Å². The summed E-state index contributed by atoms with van der Waals surface area (Å²) in [7, 11) is -3.92. The molecule has 0 aliphatic heterocycles. The highest BCUT2D eigenvalue weighted by molar-refractivity contribution is 7.87. The van der Waals surface area contributed by atoms with Crippen molar-refractivity contribution in [2.45, 2.75) is 44.9 Å². The van der Waals surface area contributed by atoms with Crippen LogP contribution in [0, 0.1) is 11.3 Å². The Bertz CT molecular complexity index is 1510. The van der Waals surface area contributed by atoms with Crippen molar-refractivity contribution in [1.82, 2.24) is 9.97 Å². The van der Waals surface area contributed by atoms with Gasteiger partial charge >= 0.3 is 10.1 Å². The van der Waals surface area contributed by atoms with Gasteiger partial charge in [0.25, 0.3) is 5.56 Å². The van der Waals surface area contributed by atoms with Crippen molar-refractivity contribution in [1.29, 1.82) is 0 Å². The maximum atomic E-state index is 13.0. The summed E-state index contributed by atoms with van der Waals surface area (Å²) in [6, 6.07) is 14.5. The normalized spacial score (nSPS) is 16.4. The molecule has 1 aliphatic carbocycles. The number of aryl methyl sites for hydroxylation is 1. The molecule has 2 heterocycles. The van der Waals surface area contributed by atoms with Gasteiger partial charge in [0, 0.05) is 10.4 Å². The molecule has 1 atom stereocenters. The fourth-order valence-corrected chi connectivity index (χ4v) is 6.74. The van der Waals surface area contributed by atoms with Gasteiger partial charge < -0.3 is 9.17 Å². The summed E-state index contributed by atoms with van der Waals surface area (Å²) in [5.41, 5.74) is 1.94. The lowest BCUT2D eigenvalue weighted by molar-refractivity contribution is 0.218. The largest absolute Gasteiger partial charge is 0.379 e. The quantitative estimate of drug-likeness (QED) is 0.375. The predicted molar refractivity (Wildman–Crippen MR) is 135 cm³/mol. The number of benzene rings is 2. The lowest BCUT2D eigenvalue weighted by atomic mass is 9.72. The zero-order valence-electron chi connectivity index (χ0n) is 19.3. The summed E-state index contributed by atoms with van der Waals surface area (Å²) in [5.74, 6) is 1.24. The molecule has 176 valence electrons. The first-order valence-corrected chi connectivity index (χ1v) is 13.5. The van der Waals surface area contributed by atoms with E-state index in [1.165, 1.54) is 17.0 Å². The number of aromatic amines is 1. The molecule has 5 rings (SSSR count). The maximum Gasteiger partial charge on any atom is 0.339 e. The smallest absolute Gasteiger partial charge is 0.339 e. The molecule has 0 radical (unpaired) electrons. The second kappa shape index (κ2) is 8.36. The van der Waals surface area contributed by atoms with Crippen molar-refractivity contribution in [2.24, 2.45) is 11.3 Å². The van der Waals surface area contributed by atoms with Crippen LogP contribution in [0.3, 0.4) is 0 Å². The van der Waals surface area contributed by atoms with E-state index < -0.39 is 10.1 Å². The van der Waals surface area contributed by atoms with Gasteiger partial charge in [-0.25, -0.2) is 4.98 Å². The molecule has 4 aromatic rings. The van der Waals surface area contributed by atoms with E-state index in [0.717, 1.165) is 29.7 Å². The maximum absolute atomic E-state index is 13.0. The van der Waals surface area contributed by atoms with E-state index in [1.54, 1.807) is 53.8 Å². The van der Waals surface area contributed by atoms with Crippen molar-refractivity contribution in [3.05, 3.63) is 75.4 Å². The van der Waals surface area contributed by atoms with Gasteiger partial charge in [-0.3, -0.25) is 4.79 Å². The summed E-state index contributed by atoms with van der Waals surface area (Å²) < 4.78 is 30.1. The number of thiophene rings is 1. The Labute approximate surface area is 202 Å². The summed E-state index contributed by atoms with van der Waals surface area (Å²) >= 11 is 1.62. The van der Waals surface area contributed by atoms with Crippen molar-refractivity contribution in [2.75, 3.05) is 0 Å². The third kappa shape index (κ3) is 4.28. The molecule has 0 saturated carbocycles. The molecule has 34 heavy (non-hydrogen) atoms. The van der Waals surface area contributed by atoms with E-state index in [2.05, 4.69) is 25.8 Å². The fourth-order valence-electron chi connectivity index (χ4n) is 4.49. The Hall–Kier alpha value is -2.97. The van der Waals surface area contributed by atoms with Crippen molar-refractivity contribution < 1.29 is 12.6 Å². The molecular weight excluding hydrogens is 468 g/mol. The zero-order valence-corrected chi connectivity index (χ0v) is 20.9. The highest BCUT2D eigenvalue weighted by Crippen LogP contribution is 2.42. The molecule has 0 unspecified atom stereocenters. The van der Waals surface area contributed by atoms with Gasteiger partial charge in [-0.1, -0.05) is 39.0 Å². The van der Waals surface area contributed by atoms with Crippen LogP contribution in [-0.4, -0.2) is 18.4 Å². The topological polar surface area (TPSA) is 89.1 Å². The van der Waals surface area contributed by atoms with Gasteiger partial charge in [0.05, 0.1) is 5.39 Å². The van der Waals surface area contributed by atoms with Crippen LogP contribution in [0.4, 0.5) is 0 Å². The molecule has 0 spiro atoms.